The molecule has 6 heteroatoms. The molecule has 4 rings (SSSR count). The van der Waals surface area contributed by atoms with Crippen molar-refractivity contribution in [2.45, 2.75) is 18.7 Å². The number of rotatable bonds is 4. The van der Waals surface area contributed by atoms with Gasteiger partial charge in [0.05, 0.1) is 11.4 Å². The number of carbonyl (C=O) groups is 1. The van der Waals surface area contributed by atoms with Gasteiger partial charge in [-0.15, -0.1) is 6.58 Å². The molecule has 2 aromatic carbocycles. The number of nitrogens with zero attached hydrogens (tertiary/aromatic N) is 3. The standard InChI is InChI=1S/C22H21N3OS2/c1-4-14-25-20(26)19(28-22(25)23-16-12-10-15(3)11-13-16)21-24(5-2)17-8-6-7-9-18(17)27-21/h4,6-13H,1,5,14H2,2-3H3. The predicted octanol–water partition coefficient (Wildman–Crippen LogP) is 5.55. The number of aliphatic imine (C=N–C) groups is 1. The molecule has 2 aliphatic rings. The maximum Gasteiger partial charge on any atom is 0.269 e. The number of para-hydroxylation sites is 1. The molecule has 0 unspecified atom stereocenters. The molecule has 2 heterocycles. The fourth-order valence-electron chi connectivity index (χ4n) is 3.16. The molecule has 2 aromatic rings. The van der Waals surface area contributed by atoms with Crippen molar-refractivity contribution in [3.63, 3.8) is 0 Å². The summed E-state index contributed by atoms with van der Waals surface area (Å²) in [7, 11) is 0. The van der Waals surface area contributed by atoms with E-state index in [1.54, 1.807) is 22.7 Å². The summed E-state index contributed by atoms with van der Waals surface area (Å²) in [5, 5.41) is 1.69. The average molecular weight is 408 g/mol. The van der Waals surface area contributed by atoms with Gasteiger partial charge in [0.25, 0.3) is 5.91 Å². The molecule has 142 valence electrons. The third-order valence-electron chi connectivity index (χ3n) is 4.55. The number of benzene rings is 2. The van der Waals surface area contributed by atoms with E-state index in [0.717, 1.165) is 27.9 Å². The van der Waals surface area contributed by atoms with Crippen LogP contribution in [0, 0.1) is 6.92 Å². The van der Waals surface area contributed by atoms with Crippen LogP contribution in [-0.2, 0) is 4.79 Å². The lowest BCUT2D eigenvalue weighted by atomic mass is 10.2. The summed E-state index contributed by atoms with van der Waals surface area (Å²) < 4.78 is 0. The Labute approximate surface area is 174 Å². The van der Waals surface area contributed by atoms with Gasteiger partial charge in [-0.1, -0.05) is 47.7 Å². The first-order valence-corrected chi connectivity index (χ1v) is 10.8. The van der Waals surface area contributed by atoms with Gasteiger partial charge in [0.1, 0.15) is 9.93 Å². The van der Waals surface area contributed by atoms with Gasteiger partial charge in [-0.2, -0.15) is 0 Å². The Kier molecular flexibility index (Phi) is 5.33. The number of anilines is 1. The quantitative estimate of drug-likeness (QED) is 0.492. The molecule has 1 fully saturated rings. The van der Waals surface area contributed by atoms with Crippen LogP contribution in [0.3, 0.4) is 0 Å². The highest BCUT2D eigenvalue weighted by atomic mass is 32.2. The Morgan fingerprint density at radius 2 is 1.82 bits per heavy atom. The summed E-state index contributed by atoms with van der Waals surface area (Å²) in [6.07, 6.45) is 1.74. The third kappa shape index (κ3) is 3.38. The lowest BCUT2D eigenvalue weighted by Crippen LogP contribution is -2.30. The first-order valence-electron chi connectivity index (χ1n) is 9.17. The summed E-state index contributed by atoms with van der Waals surface area (Å²) in [5.41, 5.74) is 3.18. The van der Waals surface area contributed by atoms with E-state index in [-0.39, 0.29) is 5.91 Å². The number of hydrogen-bond acceptors (Lipinski definition) is 5. The van der Waals surface area contributed by atoms with E-state index in [1.165, 1.54) is 22.2 Å². The Balaban J connectivity index is 1.75. The topological polar surface area (TPSA) is 35.9 Å². The molecule has 0 radical (unpaired) electrons. The van der Waals surface area contributed by atoms with Crippen LogP contribution in [0.25, 0.3) is 0 Å². The van der Waals surface area contributed by atoms with Gasteiger partial charge in [0.2, 0.25) is 0 Å². The highest BCUT2D eigenvalue weighted by molar-refractivity contribution is 8.19. The molecule has 1 amide bonds. The molecule has 0 N–H and O–H groups in total. The second-order valence-electron chi connectivity index (χ2n) is 6.48. The van der Waals surface area contributed by atoms with E-state index in [2.05, 4.69) is 30.5 Å². The number of amides is 1. The summed E-state index contributed by atoms with van der Waals surface area (Å²) >= 11 is 3.11. The van der Waals surface area contributed by atoms with Gasteiger partial charge in [-0.3, -0.25) is 9.69 Å². The minimum atomic E-state index is -0.00971. The van der Waals surface area contributed by atoms with Gasteiger partial charge in [-0.05, 0) is 49.9 Å². The van der Waals surface area contributed by atoms with E-state index < -0.39 is 0 Å². The molecule has 0 aliphatic carbocycles. The Hall–Kier alpha value is -2.44. The Morgan fingerprint density at radius 1 is 1.07 bits per heavy atom. The van der Waals surface area contributed by atoms with Gasteiger partial charge in [0.15, 0.2) is 5.17 Å². The van der Waals surface area contributed by atoms with E-state index in [1.807, 2.05) is 43.3 Å². The zero-order chi connectivity index (χ0) is 19.7. The van der Waals surface area contributed by atoms with Crippen LogP contribution in [0.5, 0.6) is 0 Å². The number of carbonyl (C=O) groups excluding carboxylic acids is 1. The van der Waals surface area contributed by atoms with E-state index in [4.69, 9.17) is 4.99 Å². The van der Waals surface area contributed by atoms with Crippen LogP contribution < -0.4 is 4.90 Å². The second kappa shape index (κ2) is 7.89. The lowest BCUT2D eigenvalue weighted by Gasteiger charge is -2.19. The van der Waals surface area contributed by atoms with E-state index >= 15 is 0 Å². The third-order valence-corrected chi connectivity index (χ3v) is 6.93. The smallest absolute Gasteiger partial charge is 0.269 e. The summed E-state index contributed by atoms with van der Waals surface area (Å²) in [6, 6.07) is 16.3. The normalized spacial score (nSPS) is 20.2. The van der Waals surface area contributed by atoms with Gasteiger partial charge in [0, 0.05) is 18.0 Å². The molecule has 0 saturated carbocycles. The Morgan fingerprint density at radius 3 is 2.54 bits per heavy atom. The highest BCUT2D eigenvalue weighted by Crippen LogP contribution is 2.50. The molecular formula is C22H21N3OS2. The number of thioether (sulfide) groups is 2. The molecule has 28 heavy (non-hydrogen) atoms. The van der Waals surface area contributed by atoms with Gasteiger partial charge < -0.3 is 4.90 Å². The monoisotopic (exact) mass is 407 g/mol. The fraction of sp³-hybridized carbons (Fsp3) is 0.182. The fourth-order valence-corrected chi connectivity index (χ4v) is 5.56. The Bertz CT molecular complexity index is 995. The zero-order valence-electron chi connectivity index (χ0n) is 15.9. The summed E-state index contributed by atoms with van der Waals surface area (Å²) in [5.74, 6) is -0.00971. The first kappa shape index (κ1) is 18.9. The van der Waals surface area contributed by atoms with Gasteiger partial charge in [-0.25, -0.2) is 4.99 Å². The van der Waals surface area contributed by atoms with Crippen molar-refractivity contribution in [1.29, 1.82) is 0 Å². The number of fused-ring (bicyclic) bond motifs is 1. The highest BCUT2D eigenvalue weighted by Gasteiger charge is 2.39. The minimum Gasteiger partial charge on any atom is -0.334 e. The molecule has 0 atom stereocenters. The first-order chi connectivity index (χ1) is 13.6. The van der Waals surface area contributed by atoms with E-state index in [0.29, 0.717) is 11.7 Å². The lowest BCUT2D eigenvalue weighted by molar-refractivity contribution is -0.121. The van der Waals surface area contributed by atoms with Crippen molar-refractivity contribution in [2.24, 2.45) is 4.99 Å². The predicted molar refractivity (Wildman–Crippen MR) is 120 cm³/mol. The van der Waals surface area contributed by atoms with Crippen LogP contribution in [0.15, 0.2) is 81.0 Å². The van der Waals surface area contributed by atoms with Gasteiger partial charge >= 0.3 is 0 Å². The minimum absolute atomic E-state index is 0.00971. The maximum atomic E-state index is 13.2. The van der Waals surface area contributed by atoms with Crippen LogP contribution in [-0.4, -0.2) is 29.1 Å². The molecule has 1 saturated heterocycles. The van der Waals surface area contributed by atoms with Crippen molar-refractivity contribution in [1.82, 2.24) is 4.90 Å². The second-order valence-corrected chi connectivity index (χ2v) is 8.49. The maximum absolute atomic E-state index is 13.2. The SMILES string of the molecule is C=CCN1C(=O)C(=C2Sc3ccccc3N2CC)SC1=Nc1ccc(C)cc1. The largest absolute Gasteiger partial charge is 0.334 e. The zero-order valence-corrected chi connectivity index (χ0v) is 17.5. The van der Waals surface area contributed by atoms with Crippen molar-refractivity contribution >= 4 is 46.0 Å². The van der Waals surface area contributed by atoms with Crippen molar-refractivity contribution in [3.05, 3.63) is 76.7 Å². The molecule has 4 nitrogen and oxygen atoms in total. The van der Waals surface area contributed by atoms with Crippen LogP contribution in [0.2, 0.25) is 0 Å². The van der Waals surface area contributed by atoms with Crippen LogP contribution in [0.4, 0.5) is 11.4 Å². The summed E-state index contributed by atoms with van der Waals surface area (Å²) in [6.45, 7) is 9.21. The number of aryl methyl sites for hydroxylation is 1. The van der Waals surface area contributed by atoms with E-state index in [9.17, 15) is 4.79 Å². The average Bonchev–Trinajstić information content (AvgIpc) is 3.22. The molecular weight excluding hydrogens is 386 g/mol. The van der Waals surface area contributed by atoms with Crippen molar-refractivity contribution in [2.75, 3.05) is 18.0 Å². The molecule has 0 bridgehead atoms. The van der Waals surface area contributed by atoms with Crippen molar-refractivity contribution < 1.29 is 4.79 Å². The molecule has 0 aromatic heterocycles. The van der Waals surface area contributed by atoms with Crippen LogP contribution in [0.1, 0.15) is 12.5 Å². The molecule has 0 spiro atoms. The van der Waals surface area contributed by atoms with Crippen LogP contribution >= 0.6 is 23.5 Å². The summed E-state index contributed by atoms with van der Waals surface area (Å²) in [4.78, 5) is 23.8. The number of hydrogen-bond donors (Lipinski definition) is 0. The van der Waals surface area contributed by atoms with Crippen molar-refractivity contribution in [3.8, 4) is 0 Å². The molecule has 2 aliphatic heterocycles. The number of amidine groups is 1.